The average Bonchev–Trinajstić information content (AvgIpc) is 2.78. The van der Waals surface area contributed by atoms with Gasteiger partial charge in [0.1, 0.15) is 0 Å². The minimum Gasteiger partial charge on any atom is -0.339 e. The summed E-state index contributed by atoms with van der Waals surface area (Å²) in [5.74, 6) is 0.439. The SMILES string of the molecule is CC(=O)N1CCN(C(=O)Cc2cccc(N(Cc3ccc(C)cc3)C(=O)CC(C)C)c2)CC1. The summed E-state index contributed by atoms with van der Waals surface area (Å²) in [4.78, 5) is 42.9. The van der Waals surface area contributed by atoms with Gasteiger partial charge in [-0.05, 0) is 36.1 Å². The zero-order valence-corrected chi connectivity index (χ0v) is 20.2. The molecule has 1 saturated heterocycles. The van der Waals surface area contributed by atoms with E-state index in [1.165, 1.54) is 5.56 Å². The first-order valence-corrected chi connectivity index (χ1v) is 11.7. The molecule has 6 heteroatoms. The van der Waals surface area contributed by atoms with Crippen LogP contribution in [0.2, 0.25) is 0 Å². The smallest absolute Gasteiger partial charge is 0.227 e. The number of rotatable bonds is 7. The van der Waals surface area contributed by atoms with Crippen molar-refractivity contribution in [3.8, 4) is 0 Å². The van der Waals surface area contributed by atoms with E-state index >= 15 is 0 Å². The van der Waals surface area contributed by atoms with E-state index in [0.717, 1.165) is 16.8 Å². The van der Waals surface area contributed by atoms with E-state index in [9.17, 15) is 14.4 Å². The van der Waals surface area contributed by atoms with Gasteiger partial charge >= 0.3 is 0 Å². The molecule has 0 spiro atoms. The van der Waals surface area contributed by atoms with E-state index in [-0.39, 0.29) is 30.1 Å². The number of aryl methyl sites for hydroxylation is 1. The van der Waals surface area contributed by atoms with Crippen molar-refractivity contribution in [1.29, 1.82) is 0 Å². The second-order valence-electron chi connectivity index (χ2n) is 9.30. The highest BCUT2D eigenvalue weighted by Gasteiger charge is 2.23. The molecule has 2 aromatic rings. The van der Waals surface area contributed by atoms with Gasteiger partial charge in [0.2, 0.25) is 17.7 Å². The molecular formula is C27H35N3O3. The number of hydrogen-bond acceptors (Lipinski definition) is 3. The summed E-state index contributed by atoms with van der Waals surface area (Å²) in [6, 6.07) is 16.0. The van der Waals surface area contributed by atoms with Crippen molar-refractivity contribution >= 4 is 23.4 Å². The number of carbonyl (C=O) groups is 3. The maximum atomic E-state index is 13.1. The molecule has 0 aromatic heterocycles. The van der Waals surface area contributed by atoms with E-state index in [4.69, 9.17) is 0 Å². The quantitative estimate of drug-likeness (QED) is 0.646. The van der Waals surface area contributed by atoms with Crippen LogP contribution in [0.15, 0.2) is 48.5 Å². The molecule has 0 saturated carbocycles. The van der Waals surface area contributed by atoms with Gasteiger partial charge in [0.15, 0.2) is 0 Å². The summed E-state index contributed by atoms with van der Waals surface area (Å²) in [6.45, 7) is 10.5. The molecule has 0 unspecified atom stereocenters. The average molecular weight is 450 g/mol. The largest absolute Gasteiger partial charge is 0.339 e. The van der Waals surface area contributed by atoms with Gasteiger partial charge in [-0.3, -0.25) is 14.4 Å². The van der Waals surface area contributed by atoms with Crippen LogP contribution < -0.4 is 4.90 Å². The number of piperazine rings is 1. The fourth-order valence-corrected chi connectivity index (χ4v) is 4.05. The van der Waals surface area contributed by atoms with Crippen molar-refractivity contribution in [1.82, 2.24) is 9.80 Å². The molecule has 0 atom stereocenters. The van der Waals surface area contributed by atoms with E-state index in [0.29, 0.717) is 39.1 Å². The summed E-state index contributed by atoms with van der Waals surface area (Å²) in [5.41, 5.74) is 3.96. The van der Waals surface area contributed by atoms with Crippen molar-refractivity contribution in [2.75, 3.05) is 31.1 Å². The molecular weight excluding hydrogens is 414 g/mol. The van der Waals surface area contributed by atoms with Gasteiger partial charge in [0.25, 0.3) is 0 Å². The van der Waals surface area contributed by atoms with Gasteiger partial charge in [-0.15, -0.1) is 0 Å². The second-order valence-corrected chi connectivity index (χ2v) is 9.30. The number of hydrogen-bond donors (Lipinski definition) is 0. The van der Waals surface area contributed by atoms with Crippen LogP contribution in [0.4, 0.5) is 5.69 Å². The van der Waals surface area contributed by atoms with E-state index in [2.05, 4.69) is 24.3 Å². The molecule has 176 valence electrons. The van der Waals surface area contributed by atoms with Crippen LogP contribution in [0, 0.1) is 12.8 Å². The van der Waals surface area contributed by atoms with E-state index in [1.807, 2.05) is 54.8 Å². The topological polar surface area (TPSA) is 60.9 Å². The van der Waals surface area contributed by atoms with Crippen molar-refractivity contribution < 1.29 is 14.4 Å². The Morgan fingerprint density at radius 1 is 0.909 bits per heavy atom. The molecule has 0 radical (unpaired) electrons. The molecule has 0 N–H and O–H groups in total. The predicted molar refractivity (Wildman–Crippen MR) is 131 cm³/mol. The maximum absolute atomic E-state index is 13.1. The Morgan fingerprint density at radius 3 is 2.15 bits per heavy atom. The van der Waals surface area contributed by atoms with Gasteiger partial charge in [0.05, 0.1) is 13.0 Å². The third-order valence-electron chi connectivity index (χ3n) is 6.00. The van der Waals surface area contributed by atoms with Crippen molar-refractivity contribution in [2.24, 2.45) is 5.92 Å². The Labute approximate surface area is 197 Å². The van der Waals surface area contributed by atoms with Crippen LogP contribution in [-0.4, -0.2) is 53.7 Å². The first kappa shape index (κ1) is 24.5. The Balaban J connectivity index is 1.74. The summed E-state index contributed by atoms with van der Waals surface area (Å²) in [6.07, 6.45) is 0.750. The Kier molecular flexibility index (Phi) is 8.26. The van der Waals surface area contributed by atoms with Crippen LogP contribution in [0.1, 0.15) is 43.9 Å². The molecule has 1 aliphatic heterocycles. The lowest BCUT2D eigenvalue weighted by Gasteiger charge is -2.34. The van der Waals surface area contributed by atoms with E-state index in [1.54, 1.807) is 11.8 Å². The standard InChI is InChI=1S/C27H35N3O3/c1-20(2)16-27(33)30(19-23-10-8-21(3)9-11-23)25-7-5-6-24(17-25)18-26(32)29-14-12-28(13-15-29)22(4)31/h5-11,17,20H,12-16,18-19H2,1-4H3. The molecule has 0 aliphatic carbocycles. The van der Waals surface area contributed by atoms with Gasteiger partial charge in [-0.2, -0.15) is 0 Å². The molecule has 3 amide bonds. The first-order valence-electron chi connectivity index (χ1n) is 11.7. The molecule has 1 fully saturated rings. The Bertz CT molecular complexity index is 976. The number of amides is 3. The van der Waals surface area contributed by atoms with Crippen LogP contribution in [0.25, 0.3) is 0 Å². The summed E-state index contributed by atoms with van der Waals surface area (Å²) in [5, 5.41) is 0. The lowest BCUT2D eigenvalue weighted by Crippen LogP contribution is -2.50. The first-order chi connectivity index (χ1) is 15.7. The highest BCUT2D eigenvalue weighted by Crippen LogP contribution is 2.22. The second kappa shape index (κ2) is 11.1. The van der Waals surface area contributed by atoms with Crippen LogP contribution in [0.3, 0.4) is 0 Å². The van der Waals surface area contributed by atoms with Crippen LogP contribution in [0.5, 0.6) is 0 Å². The summed E-state index contributed by atoms with van der Waals surface area (Å²) < 4.78 is 0. The normalized spacial score (nSPS) is 13.8. The molecule has 6 nitrogen and oxygen atoms in total. The number of benzene rings is 2. The van der Waals surface area contributed by atoms with Crippen molar-refractivity contribution in [3.63, 3.8) is 0 Å². The lowest BCUT2D eigenvalue weighted by molar-refractivity contribution is -0.138. The highest BCUT2D eigenvalue weighted by molar-refractivity contribution is 5.93. The molecule has 3 rings (SSSR count). The number of carbonyl (C=O) groups excluding carboxylic acids is 3. The van der Waals surface area contributed by atoms with Gasteiger partial charge in [-0.1, -0.05) is 55.8 Å². The van der Waals surface area contributed by atoms with Gasteiger partial charge in [-0.25, -0.2) is 0 Å². The Morgan fingerprint density at radius 2 is 1.55 bits per heavy atom. The van der Waals surface area contributed by atoms with Crippen LogP contribution >= 0.6 is 0 Å². The van der Waals surface area contributed by atoms with Crippen molar-refractivity contribution in [3.05, 3.63) is 65.2 Å². The number of anilines is 1. The minimum absolute atomic E-state index is 0.0499. The molecule has 2 aromatic carbocycles. The van der Waals surface area contributed by atoms with Crippen molar-refractivity contribution in [2.45, 2.75) is 47.1 Å². The fraction of sp³-hybridized carbons (Fsp3) is 0.444. The monoisotopic (exact) mass is 449 g/mol. The minimum atomic E-state index is 0.0499. The summed E-state index contributed by atoms with van der Waals surface area (Å²) >= 11 is 0. The zero-order valence-electron chi connectivity index (χ0n) is 20.2. The molecule has 0 bridgehead atoms. The lowest BCUT2D eigenvalue weighted by atomic mass is 10.1. The van der Waals surface area contributed by atoms with Crippen LogP contribution in [-0.2, 0) is 27.3 Å². The number of nitrogens with zero attached hydrogens (tertiary/aromatic N) is 3. The third kappa shape index (κ3) is 6.91. The summed E-state index contributed by atoms with van der Waals surface area (Å²) in [7, 11) is 0. The van der Waals surface area contributed by atoms with Gasteiger partial charge in [0, 0.05) is 45.2 Å². The third-order valence-corrected chi connectivity index (χ3v) is 6.00. The molecule has 33 heavy (non-hydrogen) atoms. The van der Waals surface area contributed by atoms with Gasteiger partial charge < -0.3 is 14.7 Å². The predicted octanol–water partition coefficient (Wildman–Crippen LogP) is 3.81. The maximum Gasteiger partial charge on any atom is 0.227 e. The fourth-order valence-electron chi connectivity index (χ4n) is 4.05. The highest BCUT2D eigenvalue weighted by atomic mass is 16.2. The molecule has 1 heterocycles. The Hall–Kier alpha value is -3.15. The zero-order chi connectivity index (χ0) is 24.0. The molecule has 1 aliphatic rings. The van der Waals surface area contributed by atoms with E-state index < -0.39 is 0 Å².